The molecular formula is C19H18FNO4S. The first-order valence-electron chi connectivity index (χ1n) is 8.08. The van der Waals surface area contributed by atoms with Gasteiger partial charge >= 0.3 is 0 Å². The standard InChI is InChI=1S/C19H18FNO4S/c1-2-24-18-6-4-3-5-15(18)12-26(22,23)13-17-11-25-19(21-17)14-7-9-16(20)10-8-14/h3-11H,2,12-13H2,1H3. The highest BCUT2D eigenvalue weighted by Gasteiger charge is 2.19. The van der Waals surface area contributed by atoms with E-state index in [0.29, 0.717) is 29.2 Å². The number of sulfone groups is 1. The lowest BCUT2D eigenvalue weighted by Gasteiger charge is -2.09. The van der Waals surface area contributed by atoms with Crippen LogP contribution in [0, 0.1) is 5.82 Å². The average Bonchev–Trinajstić information content (AvgIpc) is 3.05. The number of benzene rings is 2. The zero-order valence-corrected chi connectivity index (χ0v) is 15.0. The van der Waals surface area contributed by atoms with E-state index in [-0.39, 0.29) is 23.2 Å². The summed E-state index contributed by atoms with van der Waals surface area (Å²) in [7, 11) is -3.47. The number of rotatable bonds is 7. The van der Waals surface area contributed by atoms with Gasteiger partial charge in [-0.1, -0.05) is 18.2 Å². The van der Waals surface area contributed by atoms with Crippen LogP contribution in [0.4, 0.5) is 4.39 Å². The summed E-state index contributed by atoms with van der Waals surface area (Å²) in [6, 6.07) is 12.7. The molecule has 0 saturated heterocycles. The number of para-hydroxylation sites is 1. The Labute approximate surface area is 151 Å². The van der Waals surface area contributed by atoms with E-state index >= 15 is 0 Å². The number of aromatic nitrogens is 1. The molecule has 0 bridgehead atoms. The van der Waals surface area contributed by atoms with Crippen molar-refractivity contribution in [3.63, 3.8) is 0 Å². The average molecular weight is 375 g/mol. The maximum atomic E-state index is 13.0. The molecule has 136 valence electrons. The fraction of sp³-hybridized carbons (Fsp3) is 0.211. The second kappa shape index (κ2) is 7.70. The molecule has 0 unspecified atom stereocenters. The first-order valence-corrected chi connectivity index (χ1v) is 9.90. The first kappa shape index (κ1) is 18.1. The fourth-order valence-electron chi connectivity index (χ4n) is 2.53. The lowest BCUT2D eigenvalue weighted by Crippen LogP contribution is -2.09. The van der Waals surface area contributed by atoms with Gasteiger partial charge in [-0.2, -0.15) is 0 Å². The largest absolute Gasteiger partial charge is 0.494 e. The molecule has 1 aromatic heterocycles. The molecule has 2 aromatic carbocycles. The molecule has 0 aliphatic rings. The summed E-state index contributed by atoms with van der Waals surface area (Å²) in [5, 5.41) is 0. The van der Waals surface area contributed by atoms with Gasteiger partial charge in [-0.15, -0.1) is 0 Å². The predicted octanol–water partition coefficient (Wildman–Crippen LogP) is 3.99. The molecule has 3 rings (SSSR count). The minimum atomic E-state index is -3.47. The van der Waals surface area contributed by atoms with E-state index in [1.54, 1.807) is 24.3 Å². The van der Waals surface area contributed by atoms with Crippen LogP contribution in [-0.4, -0.2) is 20.0 Å². The van der Waals surface area contributed by atoms with Crippen molar-refractivity contribution >= 4 is 9.84 Å². The van der Waals surface area contributed by atoms with Gasteiger partial charge in [-0.05, 0) is 37.3 Å². The molecule has 1 heterocycles. The summed E-state index contributed by atoms with van der Waals surface area (Å²) in [4.78, 5) is 4.20. The number of nitrogens with zero attached hydrogens (tertiary/aromatic N) is 1. The molecule has 0 aliphatic carbocycles. The molecule has 0 amide bonds. The van der Waals surface area contributed by atoms with Gasteiger partial charge in [0.25, 0.3) is 0 Å². The highest BCUT2D eigenvalue weighted by molar-refractivity contribution is 7.89. The van der Waals surface area contributed by atoms with Gasteiger partial charge in [0.05, 0.1) is 23.8 Å². The van der Waals surface area contributed by atoms with Crippen LogP contribution in [0.1, 0.15) is 18.2 Å². The van der Waals surface area contributed by atoms with Gasteiger partial charge in [0, 0.05) is 11.1 Å². The Balaban J connectivity index is 1.75. The maximum absolute atomic E-state index is 13.0. The normalized spacial score (nSPS) is 11.5. The molecule has 7 heteroatoms. The zero-order chi connectivity index (χ0) is 18.6. The van der Waals surface area contributed by atoms with Crippen molar-refractivity contribution in [2.75, 3.05) is 6.61 Å². The summed E-state index contributed by atoms with van der Waals surface area (Å²) in [5.74, 6) is 0.0480. The van der Waals surface area contributed by atoms with Gasteiger partial charge in [-0.25, -0.2) is 17.8 Å². The molecule has 3 aromatic rings. The Morgan fingerprint density at radius 1 is 1.08 bits per heavy atom. The third-order valence-corrected chi connectivity index (χ3v) is 5.15. The lowest BCUT2D eigenvalue weighted by atomic mass is 10.2. The van der Waals surface area contributed by atoms with Crippen LogP contribution in [0.25, 0.3) is 11.5 Å². The Bertz CT molecular complexity index is 981. The van der Waals surface area contributed by atoms with Crippen molar-refractivity contribution in [3.8, 4) is 17.2 Å². The van der Waals surface area contributed by atoms with Crippen LogP contribution < -0.4 is 4.74 Å². The molecule has 0 radical (unpaired) electrons. The van der Waals surface area contributed by atoms with Crippen molar-refractivity contribution < 1.29 is 22.0 Å². The van der Waals surface area contributed by atoms with E-state index in [4.69, 9.17) is 9.15 Å². The summed E-state index contributed by atoms with van der Waals surface area (Å²) < 4.78 is 48.8. The molecule has 0 spiro atoms. The second-order valence-corrected chi connectivity index (χ2v) is 7.79. The molecule has 0 saturated carbocycles. The predicted molar refractivity (Wildman–Crippen MR) is 95.8 cm³/mol. The Kier molecular flexibility index (Phi) is 5.37. The van der Waals surface area contributed by atoms with E-state index < -0.39 is 9.84 Å². The summed E-state index contributed by atoms with van der Waals surface area (Å²) >= 11 is 0. The van der Waals surface area contributed by atoms with Gasteiger partial charge in [0.1, 0.15) is 17.8 Å². The number of halogens is 1. The fourth-order valence-corrected chi connectivity index (χ4v) is 3.93. The smallest absolute Gasteiger partial charge is 0.226 e. The van der Waals surface area contributed by atoms with Crippen LogP contribution in [0.2, 0.25) is 0 Å². The van der Waals surface area contributed by atoms with E-state index in [9.17, 15) is 12.8 Å². The van der Waals surface area contributed by atoms with Gasteiger partial charge in [0.15, 0.2) is 9.84 Å². The molecule has 26 heavy (non-hydrogen) atoms. The van der Waals surface area contributed by atoms with Gasteiger partial charge in [0.2, 0.25) is 5.89 Å². The van der Waals surface area contributed by atoms with Crippen LogP contribution in [0.5, 0.6) is 5.75 Å². The van der Waals surface area contributed by atoms with Crippen LogP contribution in [0.3, 0.4) is 0 Å². The third kappa shape index (κ3) is 4.49. The summed E-state index contributed by atoms with van der Waals surface area (Å²) in [5.41, 5.74) is 1.49. The zero-order valence-electron chi connectivity index (χ0n) is 14.2. The van der Waals surface area contributed by atoms with E-state index in [1.165, 1.54) is 30.5 Å². The molecule has 5 nitrogen and oxygen atoms in total. The summed E-state index contributed by atoms with van der Waals surface area (Å²) in [6.07, 6.45) is 1.31. The molecular weight excluding hydrogens is 357 g/mol. The molecule has 0 N–H and O–H groups in total. The third-order valence-electron chi connectivity index (χ3n) is 3.66. The van der Waals surface area contributed by atoms with Crippen LogP contribution in [-0.2, 0) is 21.3 Å². The second-order valence-electron chi connectivity index (χ2n) is 5.72. The van der Waals surface area contributed by atoms with Gasteiger partial charge in [-0.3, -0.25) is 0 Å². The molecule has 0 aliphatic heterocycles. The van der Waals surface area contributed by atoms with Crippen molar-refractivity contribution in [2.24, 2.45) is 0 Å². The molecule has 0 atom stereocenters. The first-order chi connectivity index (χ1) is 12.5. The quantitative estimate of drug-likeness (QED) is 0.624. The van der Waals surface area contributed by atoms with Crippen molar-refractivity contribution in [2.45, 2.75) is 18.4 Å². The minimum absolute atomic E-state index is 0.151. The topological polar surface area (TPSA) is 69.4 Å². The number of oxazole rings is 1. The maximum Gasteiger partial charge on any atom is 0.226 e. The number of hydrogen-bond acceptors (Lipinski definition) is 5. The highest BCUT2D eigenvalue weighted by Crippen LogP contribution is 2.24. The van der Waals surface area contributed by atoms with Crippen LogP contribution in [0.15, 0.2) is 59.2 Å². The highest BCUT2D eigenvalue weighted by atomic mass is 32.2. The summed E-state index contributed by atoms with van der Waals surface area (Å²) in [6.45, 7) is 2.30. The Morgan fingerprint density at radius 3 is 2.54 bits per heavy atom. The minimum Gasteiger partial charge on any atom is -0.494 e. The van der Waals surface area contributed by atoms with Gasteiger partial charge < -0.3 is 9.15 Å². The Hall–Kier alpha value is -2.67. The monoisotopic (exact) mass is 375 g/mol. The van der Waals surface area contributed by atoms with E-state index in [2.05, 4.69) is 4.98 Å². The SMILES string of the molecule is CCOc1ccccc1CS(=O)(=O)Cc1coc(-c2ccc(F)cc2)n1. The van der Waals surface area contributed by atoms with Crippen LogP contribution >= 0.6 is 0 Å². The lowest BCUT2D eigenvalue weighted by molar-refractivity contribution is 0.337. The number of ether oxygens (including phenoxy) is 1. The van der Waals surface area contributed by atoms with E-state index in [0.717, 1.165) is 0 Å². The van der Waals surface area contributed by atoms with E-state index in [1.807, 2.05) is 6.92 Å². The van der Waals surface area contributed by atoms with Crippen molar-refractivity contribution in [1.82, 2.24) is 4.98 Å². The van der Waals surface area contributed by atoms with Crippen molar-refractivity contribution in [3.05, 3.63) is 71.9 Å². The number of hydrogen-bond donors (Lipinski definition) is 0. The Morgan fingerprint density at radius 2 is 1.81 bits per heavy atom. The molecule has 0 fully saturated rings. The van der Waals surface area contributed by atoms with Crippen molar-refractivity contribution in [1.29, 1.82) is 0 Å².